The molecule has 0 unspecified atom stereocenters. The predicted molar refractivity (Wildman–Crippen MR) is 92.0 cm³/mol. The normalized spacial score (nSPS) is 11.6. The standard InChI is InChI=1S/C17H28O6S/c1-4-6-9-20-10-11-21-12-13-22-16-14-15(3)7-8-17(16)24(18,19)23-5-2/h7-8,14H,4-6,9-13H2,1-3H3. The first-order chi connectivity index (χ1) is 11.5. The molecule has 1 aromatic carbocycles. The second-order valence-corrected chi connectivity index (χ2v) is 6.82. The Labute approximate surface area is 145 Å². The fourth-order valence-electron chi connectivity index (χ4n) is 1.93. The average molecular weight is 360 g/mol. The largest absolute Gasteiger partial charge is 0.490 e. The molecule has 0 spiro atoms. The van der Waals surface area contributed by atoms with Crippen LogP contribution < -0.4 is 4.74 Å². The summed E-state index contributed by atoms with van der Waals surface area (Å²) in [6.07, 6.45) is 2.16. The van der Waals surface area contributed by atoms with Gasteiger partial charge in [0.25, 0.3) is 0 Å². The van der Waals surface area contributed by atoms with E-state index in [2.05, 4.69) is 6.92 Å². The number of rotatable bonds is 13. The molecule has 0 bridgehead atoms. The molecule has 0 saturated carbocycles. The molecule has 1 rings (SSSR count). The molecule has 0 aromatic heterocycles. The summed E-state index contributed by atoms with van der Waals surface area (Å²) in [4.78, 5) is 0.0397. The van der Waals surface area contributed by atoms with Crippen LogP contribution in [-0.4, -0.2) is 48.1 Å². The highest BCUT2D eigenvalue weighted by Crippen LogP contribution is 2.26. The SMILES string of the molecule is CCCCOCCOCCOc1cc(C)ccc1S(=O)(=O)OCC. The molecule has 0 aliphatic carbocycles. The third kappa shape index (κ3) is 7.61. The highest BCUT2D eigenvalue weighted by Gasteiger charge is 2.20. The van der Waals surface area contributed by atoms with Gasteiger partial charge in [0.1, 0.15) is 17.3 Å². The van der Waals surface area contributed by atoms with Crippen LogP contribution in [0.5, 0.6) is 5.75 Å². The number of benzene rings is 1. The van der Waals surface area contributed by atoms with Crippen molar-refractivity contribution in [3.63, 3.8) is 0 Å². The van der Waals surface area contributed by atoms with Gasteiger partial charge in [0.2, 0.25) is 0 Å². The van der Waals surface area contributed by atoms with E-state index in [9.17, 15) is 8.42 Å². The Morgan fingerprint density at radius 1 is 0.958 bits per heavy atom. The zero-order valence-corrected chi connectivity index (χ0v) is 15.6. The van der Waals surface area contributed by atoms with Crippen molar-refractivity contribution in [3.05, 3.63) is 23.8 Å². The Kier molecular flexibility index (Phi) is 9.94. The zero-order chi connectivity index (χ0) is 17.8. The first-order valence-corrected chi connectivity index (χ1v) is 9.70. The van der Waals surface area contributed by atoms with Crippen molar-refractivity contribution >= 4 is 10.1 Å². The quantitative estimate of drug-likeness (QED) is 0.398. The monoisotopic (exact) mass is 360 g/mol. The van der Waals surface area contributed by atoms with Gasteiger partial charge in [-0.25, -0.2) is 0 Å². The maximum atomic E-state index is 12.1. The second kappa shape index (κ2) is 11.4. The molecule has 0 saturated heterocycles. The van der Waals surface area contributed by atoms with E-state index in [0.717, 1.165) is 25.0 Å². The van der Waals surface area contributed by atoms with Crippen LogP contribution in [0.15, 0.2) is 23.1 Å². The van der Waals surface area contributed by atoms with E-state index in [1.807, 2.05) is 6.92 Å². The van der Waals surface area contributed by atoms with Gasteiger partial charge in [-0.2, -0.15) is 8.42 Å². The average Bonchev–Trinajstić information content (AvgIpc) is 2.53. The van der Waals surface area contributed by atoms with Gasteiger partial charge < -0.3 is 14.2 Å². The zero-order valence-electron chi connectivity index (χ0n) is 14.7. The lowest BCUT2D eigenvalue weighted by atomic mass is 10.2. The van der Waals surface area contributed by atoms with Crippen molar-refractivity contribution in [3.8, 4) is 5.75 Å². The fraction of sp³-hybridized carbons (Fsp3) is 0.647. The van der Waals surface area contributed by atoms with Gasteiger partial charge in [-0.3, -0.25) is 4.18 Å². The van der Waals surface area contributed by atoms with Gasteiger partial charge in [0.15, 0.2) is 0 Å². The first kappa shape index (κ1) is 20.9. The molecule has 0 radical (unpaired) electrons. The van der Waals surface area contributed by atoms with Crippen molar-refractivity contribution in [2.75, 3.05) is 39.6 Å². The van der Waals surface area contributed by atoms with Crippen LogP contribution in [-0.2, 0) is 23.8 Å². The lowest BCUT2D eigenvalue weighted by Crippen LogP contribution is -2.13. The van der Waals surface area contributed by atoms with Crippen molar-refractivity contribution in [2.45, 2.75) is 38.5 Å². The minimum absolute atomic E-state index is 0.0397. The maximum Gasteiger partial charge on any atom is 0.300 e. The lowest BCUT2D eigenvalue weighted by Gasteiger charge is -2.12. The third-order valence-corrected chi connectivity index (χ3v) is 4.56. The molecular formula is C17H28O6S. The summed E-state index contributed by atoms with van der Waals surface area (Å²) in [5.74, 6) is 0.284. The molecule has 0 amide bonds. The van der Waals surface area contributed by atoms with E-state index in [1.165, 1.54) is 6.07 Å². The Hall–Kier alpha value is -1.15. The van der Waals surface area contributed by atoms with E-state index in [0.29, 0.717) is 19.8 Å². The topological polar surface area (TPSA) is 71.1 Å². The summed E-state index contributed by atoms with van der Waals surface area (Å²) in [6.45, 7) is 8.10. The molecule has 0 atom stereocenters. The minimum Gasteiger partial charge on any atom is -0.490 e. The summed E-state index contributed by atoms with van der Waals surface area (Å²) in [5, 5.41) is 0. The maximum absolute atomic E-state index is 12.1. The molecular weight excluding hydrogens is 332 g/mol. The number of aryl methyl sites for hydroxylation is 1. The van der Waals surface area contributed by atoms with E-state index < -0.39 is 10.1 Å². The van der Waals surface area contributed by atoms with Crippen molar-refractivity contribution in [1.29, 1.82) is 0 Å². The predicted octanol–water partition coefficient (Wildman–Crippen LogP) is 2.93. The Balaban J connectivity index is 2.43. The summed E-state index contributed by atoms with van der Waals surface area (Å²) in [5.41, 5.74) is 0.908. The van der Waals surface area contributed by atoms with E-state index in [1.54, 1.807) is 19.1 Å². The third-order valence-electron chi connectivity index (χ3n) is 3.14. The van der Waals surface area contributed by atoms with Gasteiger partial charge in [0, 0.05) is 6.61 Å². The molecule has 0 aliphatic heterocycles. The minimum atomic E-state index is -3.80. The highest BCUT2D eigenvalue weighted by molar-refractivity contribution is 7.86. The van der Waals surface area contributed by atoms with Crippen molar-refractivity contribution in [2.24, 2.45) is 0 Å². The summed E-state index contributed by atoms with van der Waals surface area (Å²) in [7, 11) is -3.80. The molecule has 0 aliphatic rings. The van der Waals surface area contributed by atoms with Crippen LogP contribution in [0.4, 0.5) is 0 Å². The number of ether oxygens (including phenoxy) is 3. The lowest BCUT2D eigenvalue weighted by molar-refractivity contribution is 0.0352. The van der Waals surface area contributed by atoms with Crippen molar-refractivity contribution in [1.82, 2.24) is 0 Å². The Morgan fingerprint density at radius 2 is 1.62 bits per heavy atom. The van der Waals surface area contributed by atoms with Gasteiger partial charge in [0.05, 0.1) is 26.4 Å². The van der Waals surface area contributed by atoms with Crippen LogP contribution in [0.1, 0.15) is 32.3 Å². The van der Waals surface area contributed by atoms with E-state index >= 15 is 0 Å². The molecule has 138 valence electrons. The summed E-state index contributed by atoms with van der Waals surface area (Å²) < 4.78 is 45.3. The Morgan fingerprint density at radius 3 is 2.29 bits per heavy atom. The van der Waals surface area contributed by atoms with Gasteiger partial charge in [-0.05, 0) is 38.0 Å². The molecule has 1 aromatic rings. The summed E-state index contributed by atoms with van der Waals surface area (Å²) >= 11 is 0. The van der Waals surface area contributed by atoms with Crippen LogP contribution in [0.25, 0.3) is 0 Å². The number of hydrogen-bond donors (Lipinski definition) is 0. The summed E-state index contributed by atoms with van der Waals surface area (Å²) in [6, 6.07) is 4.89. The number of hydrogen-bond acceptors (Lipinski definition) is 6. The van der Waals surface area contributed by atoms with Gasteiger partial charge >= 0.3 is 10.1 Å². The van der Waals surface area contributed by atoms with Crippen LogP contribution in [0.2, 0.25) is 0 Å². The molecule has 0 N–H and O–H groups in total. The smallest absolute Gasteiger partial charge is 0.300 e. The van der Waals surface area contributed by atoms with Gasteiger partial charge in [-0.15, -0.1) is 0 Å². The van der Waals surface area contributed by atoms with Crippen LogP contribution in [0, 0.1) is 6.92 Å². The van der Waals surface area contributed by atoms with E-state index in [-0.39, 0.29) is 23.9 Å². The fourth-order valence-corrected chi connectivity index (χ4v) is 2.97. The highest BCUT2D eigenvalue weighted by atomic mass is 32.2. The second-order valence-electron chi connectivity index (χ2n) is 5.24. The molecule has 0 fully saturated rings. The number of unbranched alkanes of at least 4 members (excludes halogenated alkanes) is 1. The van der Waals surface area contributed by atoms with Crippen LogP contribution >= 0.6 is 0 Å². The van der Waals surface area contributed by atoms with Crippen molar-refractivity contribution < 1.29 is 26.8 Å². The van der Waals surface area contributed by atoms with Crippen LogP contribution in [0.3, 0.4) is 0 Å². The molecule has 24 heavy (non-hydrogen) atoms. The molecule has 6 nitrogen and oxygen atoms in total. The Bertz CT molecular complexity index is 570. The van der Waals surface area contributed by atoms with E-state index in [4.69, 9.17) is 18.4 Å². The van der Waals surface area contributed by atoms with Gasteiger partial charge in [-0.1, -0.05) is 19.4 Å². The molecule has 0 heterocycles. The molecule has 7 heteroatoms. The first-order valence-electron chi connectivity index (χ1n) is 8.29.